The summed E-state index contributed by atoms with van der Waals surface area (Å²) in [5, 5.41) is 0. The van der Waals surface area contributed by atoms with E-state index < -0.39 is 10.0 Å². The molecule has 0 aliphatic rings. The number of sulfonamides is 1. The largest absolute Gasteiger partial charge is 0.264 e. The molecule has 0 spiro atoms. The van der Waals surface area contributed by atoms with Crippen LogP contribution >= 0.6 is 0 Å². The van der Waals surface area contributed by atoms with E-state index in [-0.39, 0.29) is 16.6 Å². The number of aryl methyl sites for hydroxylation is 1. The summed E-state index contributed by atoms with van der Waals surface area (Å²) < 4.78 is 27.0. The molecule has 0 aromatic carbocycles. The minimum Gasteiger partial charge on any atom is -0.263 e. The predicted molar refractivity (Wildman–Crippen MR) is 75.9 cm³/mol. The molecule has 0 aliphatic heterocycles. The summed E-state index contributed by atoms with van der Waals surface area (Å²) in [7, 11) is -3.69. The molecule has 2 rings (SSSR count). The number of hydrogen-bond acceptors (Lipinski definition) is 5. The molecule has 0 saturated carbocycles. The number of rotatable bonds is 4. The van der Waals surface area contributed by atoms with Crippen LogP contribution in [0.3, 0.4) is 0 Å². The quantitative estimate of drug-likeness (QED) is 0.932. The molecule has 0 radical (unpaired) electrons. The van der Waals surface area contributed by atoms with Crippen molar-refractivity contribution in [1.82, 2.24) is 15.0 Å². The highest BCUT2D eigenvalue weighted by Crippen LogP contribution is 2.20. The van der Waals surface area contributed by atoms with Crippen molar-refractivity contribution < 1.29 is 8.42 Å². The Morgan fingerprint density at radius 1 is 1.25 bits per heavy atom. The van der Waals surface area contributed by atoms with Crippen molar-refractivity contribution in [1.29, 1.82) is 0 Å². The lowest BCUT2D eigenvalue weighted by Crippen LogP contribution is -2.16. The van der Waals surface area contributed by atoms with Crippen LogP contribution in [0.2, 0.25) is 0 Å². The van der Waals surface area contributed by atoms with Crippen molar-refractivity contribution >= 4 is 15.8 Å². The van der Waals surface area contributed by atoms with E-state index in [1.165, 1.54) is 24.8 Å². The normalized spacial score (nSPS) is 11.6. The molecule has 106 valence electrons. The lowest BCUT2D eigenvalue weighted by atomic mass is 10.1. The average Bonchev–Trinajstić information content (AvgIpc) is 2.38. The summed E-state index contributed by atoms with van der Waals surface area (Å²) in [6.45, 7) is 5.77. The molecule has 2 aromatic heterocycles. The Hall–Kier alpha value is -2.02. The Morgan fingerprint density at radius 3 is 2.55 bits per heavy atom. The number of nitrogens with one attached hydrogen (secondary N) is 1. The highest BCUT2D eigenvalue weighted by Gasteiger charge is 2.18. The molecule has 0 aliphatic carbocycles. The van der Waals surface area contributed by atoms with Crippen LogP contribution in [-0.2, 0) is 10.0 Å². The van der Waals surface area contributed by atoms with Gasteiger partial charge in [-0.25, -0.2) is 18.4 Å². The van der Waals surface area contributed by atoms with Gasteiger partial charge < -0.3 is 0 Å². The van der Waals surface area contributed by atoms with Crippen LogP contribution < -0.4 is 4.72 Å². The summed E-state index contributed by atoms with van der Waals surface area (Å²) in [4.78, 5) is 11.9. The lowest BCUT2D eigenvalue weighted by Gasteiger charge is -2.11. The maximum Gasteiger partial charge on any atom is 0.264 e. The van der Waals surface area contributed by atoms with Gasteiger partial charge in [0.15, 0.2) is 0 Å². The number of hydrogen-bond donors (Lipinski definition) is 1. The average molecular weight is 292 g/mol. The second-order valence-electron chi connectivity index (χ2n) is 4.73. The van der Waals surface area contributed by atoms with Gasteiger partial charge >= 0.3 is 0 Å². The predicted octanol–water partition coefficient (Wildman–Crippen LogP) is 2.10. The second-order valence-corrected chi connectivity index (χ2v) is 6.38. The number of anilines is 1. The van der Waals surface area contributed by atoms with Gasteiger partial charge in [-0.15, -0.1) is 0 Å². The van der Waals surface area contributed by atoms with Crippen molar-refractivity contribution in [3.05, 3.63) is 42.1 Å². The standard InChI is InChI=1S/C13H16N4O2S/c1-9(2)11-6-10(3)12(7-15-11)20(18,19)17-13-4-5-14-8-16-13/h4-9H,1-3H3,(H,14,16,17). The van der Waals surface area contributed by atoms with E-state index in [2.05, 4.69) is 19.7 Å². The highest BCUT2D eigenvalue weighted by atomic mass is 32.2. The van der Waals surface area contributed by atoms with E-state index in [0.717, 1.165) is 5.69 Å². The van der Waals surface area contributed by atoms with Crippen LogP contribution in [0.4, 0.5) is 5.82 Å². The van der Waals surface area contributed by atoms with Crippen molar-refractivity contribution in [2.24, 2.45) is 0 Å². The molecule has 0 fully saturated rings. The fraction of sp³-hybridized carbons (Fsp3) is 0.308. The zero-order chi connectivity index (χ0) is 14.8. The third-order valence-corrected chi connectivity index (χ3v) is 4.27. The first-order valence-corrected chi connectivity index (χ1v) is 7.64. The highest BCUT2D eigenvalue weighted by molar-refractivity contribution is 7.92. The fourth-order valence-electron chi connectivity index (χ4n) is 1.71. The Labute approximate surface area is 118 Å². The van der Waals surface area contributed by atoms with Crippen LogP contribution in [0, 0.1) is 6.92 Å². The van der Waals surface area contributed by atoms with Crippen molar-refractivity contribution in [3.63, 3.8) is 0 Å². The SMILES string of the molecule is Cc1cc(C(C)C)ncc1S(=O)(=O)Nc1ccncn1. The molecular weight excluding hydrogens is 276 g/mol. The monoisotopic (exact) mass is 292 g/mol. The molecule has 20 heavy (non-hydrogen) atoms. The Kier molecular flexibility index (Phi) is 3.99. The third kappa shape index (κ3) is 3.11. The topological polar surface area (TPSA) is 84.8 Å². The van der Waals surface area contributed by atoms with Gasteiger partial charge in [0.05, 0.1) is 0 Å². The van der Waals surface area contributed by atoms with E-state index in [1.807, 2.05) is 13.8 Å². The summed E-state index contributed by atoms with van der Waals surface area (Å²) in [5.41, 5.74) is 1.52. The molecule has 0 saturated heterocycles. The fourth-order valence-corrected chi connectivity index (χ4v) is 2.89. The summed E-state index contributed by atoms with van der Waals surface area (Å²) in [6, 6.07) is 3.28. The van der Waals surface area contributed by atoms with Gasteiger partial charge in [0.25, 0.3) is 10.0 Å². The molecule has 0 bridgehead atoms. The Balaban J connectivity index is 2.35. The third-order valence-electron chi connectivity index (χ3n) is 2.79. The van der Waals surface area contributed by atoms with Gasteiger partial charge in [-0.2, -0.15) is 0 Å². The van der Waals surface area contributed by atoms with Crippen LogP contribution in [0.5, 0.6) is 0 Å². The van der Waals surface area contributed by atoms with E-state index in [0.29, 0.717) is 5.56 Å². The first-order chi connectivity index (χ1) is 9.40. The van der Waals surface area contributed by atoms with E-state index in [9.17, 15) is 8.42 Å². The molecular formula is C13H16N4O2S. The Morgan fingerprint density at radius 2 is 2.00 bits per heavy atom. The first-order valence-electron chi connectivity index (χ1n) is 6.15. The first kappa shape index (κ1) is 14.4. The van der Waals surface area contributed by atoms with Gasteiger partial charge in [0.1, 0.15) is 17.0 Å². The van der Waals surface area contributed by atoms with Crippen molar-refractivity contribution in [2.45, 2.75) is 31.6 Å². The lowest BCUT2D eigenvalue weighted by molar-refractivity contribution is 0.599. The smallest absolute Gasteiger partial charge is 0.263 e. The maximum absolute atomic E-state index is 12.3. The van der Waals surface area contributed by atoms with Gasteiger partial charge in [-0.1, -0.05) is 13.8 Å². The van der Waals surface area contributed by atoms with Gasteiger partial charge in [-0.05, 0) is 30.5 Å². The van der Waals surface area contributed by atoms with Crippen molar-refractivity contribution in [2.75, 3.05) is 4.72 Å². The Bertz CT molecular complexity index is 700. The molecule has 2 heterocycles. The number of pyridine rings is 1. The van der Waals surface area contributed by atoms with Crippen LogP contribution in [0.25, 0.3) is 0 Å². The number of nitrogens with zero attached hydrogens (tertiary/aromatic N) is 3. The van der Waals surface area contributed by atoms with Gasteiger partial charge in [0.2, 0.25) is 0 Å². The second kappa shape index (κ2) is 5.54. The van der Waals surface area contributed by atoms with Crippen LogP contribution in [0.1, 0.15) is 31.0 Å². The van der Waals surface area contributed by atoms with Crippen molar-refractivity contribution in [3.8, 4) is 0 Å². The summed E-state index contributed by atoms with van der Waals surface area (Å²) in [6.07, 6.45) is 4.14. The molecule has 6 nitrogen and oxygen atoms in total. The molecule has 1 N–H and O–H groups in total. The molecule has 0 unspecified atom stereocenters. The minimum atomic E-state index is -3.69. The zero-order valence-corrected chi connectivity index (χ0v) is 12.3. The van der Waals surface area contributed by atoms with Crippen LogP contribution in [0.15, 0.2) is 35.7 Å². The summed E-state index contributed by atoms with van der Waals surface area (Å²) >= 11 is 0. The minimum absolute atomic E-state index is 0.153. The summed E-state index contributed by atoms with van der Waals surface area (Å²) in [5.74, 6) is 0.479. The number of aromatic nitrogens is 3. The molecule has 0 atom stereocenters. The van der Waals surface area contributed by atoms with E-state index in [1.54, 1.807) is 13.0 Å². The van der Waals surface area contributed by atoms with Crippen LogP contribution in [-0.4, -0.2) is 23.4 Å². The van der Waals surface area contributed by atoms with Gasteiger partial charge in [-0.3, -0.25) is 9.71 Å². The van der Waals surface area contributed by atoms with E-state index >= 15 is 0 Å². The maximum atomic E-state index is 12.3. The molecule has 2 aromatic rings. The van der Waals surface area contributed by atoms with E-state index in [4.69, 9.17) is 0 Å². The van der Waals surface area contributed by atoms with Gasteiger partial charge in [0, 0.05) is 18.1 Å². The molecule has 7 heteroatoms. The molecule has 0 amide bonds. The zero-order valence-electron chi connectivity index (χ0n) is 11.5.